The fraction of sp³-hybridized carbons (Fsp3) is 0. The molecule has 0 rings (SSSR count). The molecule has 0 saturated heterocycles. The monoisotopic (exact) mass is 240 g/mol. The van der Waals surface area contributed by atoms with Crippen molar-refractivity contribution < 1.29 is 39.7 Å². The van der Waals surface area contributed by atoms with Crippen LogP contribution < -0.4 is 0 Å². The standard InChI is InChI=1S/ClH.H3O4P.Pd/c;1-5(2,3)4;/h1H;(H3,1,2,3,4);. The van der Waals surface area contributed by atoms with Crippen molar-refractivity contribution in [3.63, 3.8) is 0 Å². The van der Waals surface area contributed by atoms with Crippen LogP contribution in [-0.2, 0) is 25.0 Å². The molecule has 0 unspecified atom stereocenters. The minimum absolute atomic E-state index is 0. The molecule has 0 saturated carbocycles. The Kier molecular flexibility index (Phi) is 11.7. The summed E-state index contributed by atoms with van der Waals surface area (Å²) in [7, 11) is -4.64. The van der Waals surface area contributed by atoms with Crippen LogP contribution in [0.15, 0.2) is 0 Å². The molecule has 7 heteroatoms. The van der Waals surface area contributed by atoms with Crippen LogP contribution in [0, 0.1) is 0 Å². The maximum Gasteiger partial charge on any atom is 0.466 e. The van der Waals surface area contributed by atoms with Gasteiger partial charge >= 0.3 is 7.82 Å². The van der Waals surface area contributed by atoms with E-state index in [1.165, 1.54) is 0 Å². The zero-order valence-corrected chi connectivity index (χ0v) is 6.19. The van der Waals surface area contributed by atoms with Gasteiger partial charge in [-0.05, 0) is 0 Å². The summed E-state index contributed by atoms with van der Waals surface area (Å²) < 4.78 is 8.88. The van der Waals surface area contributed by atoms with E-state index < -0.39 is 7.82 Å². The number of halogens is 1. The molecule has 0 aromatic rings. The van der Waals surface area contributed by atoms with Crippen LogP contribution in [0.5, 0.6) is 0 Å². The minimum Gasteiger partial charge on any atom is -0.303 e. The van der Waals surface area contributed by atoms with Gasteiger partial charge in [0.25, 0.3) is 0 Å². The number of phosphoric acid groups is 1. The van der Waals surface area contributed by atoms with Gasteiger partial charge in [-0.3, -0.25) is 0 Å². The zero-order chi connectivity index (χ0) is 4.50. The van der Waals surface area contributed by atoms with E-state index in [1.807, 2.05) is 0 Å². The average molecular weight is 241 g/mol. The summed E-state index contributed by atoms with van der Waals surface area (Å²) in [6, 6.07) is 0. The third-order valence-electron chi connectivity index (χ3n) is 0. The second-order valence-electron chi connectivity index (χ2n) is 0.513. The summed E-state index contributed by atoms with van der Waals surface area (Å²) in [6.07, 6.45) is 0. The molecule has 0 aliphatic carbocycles. The maximum atomic E-state index is 8.88. The second kappa shape index (κ2) is 5.20. The zero-order valence-electron chi connectivity index (χ0n) is 2.92. The summed E-state index contributed by atoms with van der Waals surface area (Å²) in [5.74, 6) is 0. The summed E-state index contributed by atoms with van der Waals surface area (Å²) in [5.41, 5.74) is 0. The first-order valence-electron chi connectivity index (χ1n) is 0.783. The van der Waals surface area contributed by atoms with Crippen LogP contribution in [-0.4, -0.2) is 14.7 Å². The van der Waals surface area contributed by atoms with Crippen LogP contribution in [0.4, 0.5) is 0 Å². The summed E-state index contributed by atoms with van der Waals surface area (Å²) >= 11 is 0. The predicted octanol–water partition coefficient (Wildman–Crippen LogP) is -0.509. The quantitative estimate of drug-likeness (QED) is 0.394. The molecule has 4 nitrogen and oxygen atoms in total. The van der Waals surface area contributed by atoms with E-state index >= 15 is 0 Å². The van der Waals surface area contributed by atoms with Crippen molar-refractivity contribution in [2.75, 3.05) is 0 Å². The normalized spacial score (nSPS) is 8.43. The summed E-state index contributed by atoms with van der Waals surface area (Å²) in [6.45, 7) is 0. The smallest absolute Gasteiger partial charge is 0.303 e. The van der Waals surface area contributed by atoms with E-state index in [9.17, 15) is 0 Å². The Hall–Kier alpha value is 1.06. The van der Waals surface area contributed by atoms with Crippen molar-refractivity contribution in [1.29, 1.82) is 0 Å². The Morgan fingerprint density at radius 2 is 1.14 bits per heavy atom. The Balaban J connectivity index is -0.0000000800. The molecular weight excluding hydrogens is 237 g/mol. The van der Waals surface area contributed by atoms with Crippen molar-refractivity contribution >= 4 is 20.2 Å². The molecule has 7 heavy (non-hydrogen) atoms. The van der Waals surface area contributed by atoms with E-state index in [4.69, 9.17) is 19.2 Å². The first kappa shape index (κ1) is 15.7. The van der Waals surface area contributed by atoms with Crippen molar-refractivity contribution in [2.45, 2.75) is 0 Å². The Labute approximate surface area is 60.2 Å². The minimum atomic E-state index is -4.64. The number of hydrogen-bond acceptors (Lipinski definition) is 1. The number of hydrogen-bond donors (Lipinski definition) is 3. The molecule has 3 N–H and O–H groups in total. The van der Waals surface area contributed by atoms with Crippen molar-refractivity contribution in [2.24, 2.45) is 0 Å². The van der Waals surface area contributed by atoms with E-state index in [0.717, 1.165) is 0 Å². The molecule has 0 bridgehead atoms. The van der Waals surface area contributed by atoms with Crippen molar-refractivity contribution in [3.8, 4) is 0 Å². The average Bonchev–Trinajstić information content (AvgIpc) is 0.722. The topological polar surface area (TPSA) is 77.8 Å². The third kappa shape index (κ3) is 160. The molecular formula is H4ClO4PPd. The largest absolute Gasteiger partial charge is 0.466 e. The van der Waals surface area contributed by atoms with E-state index in [-0.39, 0.29) is 32.8 Å². The van der Waals surface area contributed by atoms with Crippen LogP contribution in [0.25, 0.3) is 0 Å². The van der Waals surface area contributed by atoms with Gasteiger partial charge in [-0.1, -0.05) is 0 Å². The van der Waals surface area contributed by atoms with Gasteiger partial charge in [-0.15, -0.1) is 12.4 Å². The Bertz CT molecular complexity index is 57.8. The molecule has 0 radical (unpaired) electrons. The molecule has 0 fully saturated rings. The molecule has 0 aliphatic rings. The molecule has 0 aliphatic heterocycles. The van der Waals surface area contributed by atoms with Gasteiger partial charge in [0.1, 0.15) is 0 Å². The molecule has 0 spiro atoms. The van der Waals surface area contributed by atoms with Crippen molar-refractivity contribution in [1.82, 2.24) is 0 Å². The van der Waals surface area contributed by atoms with E-state index in [2.05, 4.69) is 0 Å². The number of rotatable bonds is 0. The van der Waals surface area contributed by atoms with Gasteiger partial charge in [-0.25, -0.2) is 4.57 Å². The summed E-state index contributed by atoms with van der Waals surface area (Å²) in [4.78, 5) is 21.6. The van der Waals surface area contributed by atoms with Crippen LogP contribution in [0.1, 0.15) is 0 Å². The third-order valence-corrected chi connectivity index (χ3v) is 0. The fourth-order valence-corrected chi connectivity index (χ4v) is 0. The molecule has 0 heterocycles. The molecule has 0 amide bonds. The van der Waals surface area contributed by atoms with Crippen LogP contribution >= 0.6 is 20.2 Å². The van der Waals surface area contributed by atoms with E-state index in [0.29, 0.717) is 0 Å². The first-order valence-corrected chi connectivity index (χ1v) is 2.35. The summed E-state index contributed by atoms with van der Waals surface area (Å²) in [5, 5.41) is 0. The Morgan fingerprint density at radius 3 is 1.14 bits per heavy atom. The molecule has 50 valence electrons. The van der Waals surface area contributed by atoms with Gasteiger partial charge in [0.05, 0.1) is 0 Å². The van der Waals surface area contributed by atoms with Crippen LogP contribution in [0.2, 0.25) is 0 Å². The fourth-order valence-electron chi connectivity index (χ4n) is 0. The molecule has 0 aromatic heterocycles. The first-order chi connectivity index (χ1) is 2.00. The Morgan fingerprint density at radius 1 is 1.14 bits per heavy atom. The molecule has 0 aromatic carbocycles. The van der Waals surface area contributed by atoms with Gasteiger partial charge in [-0.2, -0.15) is 0 Å². The van der Waals surface area contributed by atoms with Gasteiger partial charge in [0, 0.05) is 20.4 Å². The van der Waals surface area contributed by atoms with Gasteiger partial charge in [0.2, 0.25) is 0 Å². The second-order valence-corrected chi connectivity index (χ2v) is 1.54. The SMILES string of the molecule is Cl.O=P(O)(O)O.[Pd]. The van der Waals surface area contributed by atoms with Gasteiger partial charge in [0.15, 0.2) is 0 Å². The maximum absolute atomic E-state index is 8.88. The molecule has 0 atom stereocenters. The predicted molar refractivity (Wildman–Crippen MR) is 21.5 cm³/mol. The van der Waals surface area contributed by atoms with Crippen molar-refractivity contribution in [3.05, 3.63) is 0 Å². The van der Waals surface area contributed by atoms with Crippen LogP contribution in [0.3, 0.4) is 0 Å². The van der Waals surface area contributed by atoms with E-state index in [1.54, 1.807) is 0 Å². The van der Waals surface area contributed by atoms with Gasteiger partial charge < -0.3 is 14.7 Å².